The second kappa shape index (κ2) is 9.07. The Morgan fingerprint density at radius 1 is 1.03 bits per heavy atom. The maximum absolute atomic E-state index is 11.8. The number of nitrogens with zero attached hydrogens (tertiary/aromatic N) is 1. The fourth-order valence-electron chi connectivity index (χ4n) is 3.85. The Morgan fingerprint density at radius 2 is 1.75 bits per heavy atom. The summed E-state index contributed by atoms with van der Waals surface area (Å²) in [4.78, 5) is 14.1. The van der Waals surface area contributed by atoms with E-state index in [-0.39, 0.29) is 5.88 Å². The predicted molar refractivity (Wildman–Crippen MR) is 115 cm³/mol. The molecule has 5 unspecified atom stereocenters. The Balaban J connectivity index is 1.57. The molecule has 0 spiro atoms. The van der Waals surface area contributed by atoms with Crippen LogP contribution < -0.4 is 5.69 Å². The summed E-state index contributed by atoms with van der Waals surface area (Å²) in [5.41, 5.74) is 2.31. The van der Waals surface area contributed by atoms with Crippen LogP contribution in [0.15, 0.2) is 53.5 Å². The van der Waals surface area contributed by atoms with Gasteiger partial charge in [0, 0.05) is 5.02 Å². The number of benzene rings is 2. The highest BCUT2D eigenvalue weighted by molar-refractivity contribution is 6.31. The van der Waals surface area contributed by atoms with Crippen LogP contribution in [0.5, 0.6) is 5.88 Å². The van der Waals surface area contributed by atoms with Crippen LogP contribution in [0.25, 0.3) is 5.69 Å². The van der Waals surface area contributed by atoms with Gasteiger partial charge < -0.3 is 30.3 Å². The number of ether oxygens (including phenoxy) is 1. The summed E-state index contributed by atoms with van der Waals surface area (Å²) in [5, 5.41) is 49.8. The Hall–Kier alpha value is -2.66. The minimum absolute atomic E-state index is 0.226. The van der Waals surface area contributed by atoms with Gasteiger partial charge in [-0.05, 0) is 41.3 Å². The Bertz CT molecular complexity index is 1140. The number of aliphatic hydroxyl groups excluding tert-OH is 4. The van der Waals surface area contributed by atoms with E-state index in [0.29, 0.717) is 22.7 Å². The lowest BCUT2D eigenvalue weighted by molar-refractivity contribution is -0.231. The van der Waals surface area contributed by atoms with E-state index in [2.05, 4.69) is 4.98 Å². The van der Waals surface area contributed by atoms with Crippen LogP contribution >= 0.6 is 11.6 Å². The van der Waals surface area contributed by atoms with Crippen molar-refractivity contribution in [2.24, 2.45) is 0 Å². The van der Waals surface area contributed by atoms with Crippen LogP contribution in [0.1, 0.15) is 22.8 Å². The molecule has 5 atom stereocenters. The maximum Gasteiger partial charge on any atom is 0.332 e. The lowest BCUT2D eigenvalue weighted by atomic mass is 9.90. The largest absolute Gasteiger partial charge is 0.493 e. The van der Waals surface area contributed by atoms with Crippen molar-refractivity contribution in [1.29, 1.82) is 0 Å². The summed E-state index contributed by atoms with van der Waals surface area (Å²) < 4.78 is 6.91. The number of aliphatic hydroxyl groups is 4. The fourth-order valence-corrected chi connectivity index (χ4v) is 4.04. The molecule has 6 N–H and O–H groups in total. The Kier molecular flexibility index (Phi) is 6.38. The standard InChI is InChI=1S/C22H23ClN2O7/c23-15-6-3-12(21-20(30)19(29)18(28)16(10-26)32-21)8-13(15)7-11-1-4-14(5-2-11)25-9-17(27)24-22(25)31/h1-6,8-9,16,18-21,26-30H,7,10H2,(H,24,31). The lowest BCUT2D eigenvalue weighted by Gasteiger charge is -2.40. The topological polar surface area (TPSA) is 148 Å². The number of hydrogen-bond donors (Lipinski definition) is 6. The molecule has 1 aliphatic heterocycles. The summed E-state index contributed by atoms with van der Waals surface area (Å²) >= 11 is 6.37. The molecule has 1 aromatic heterocycles. The van der Waals surface area contributed by atoms with Gasteiger partial charge in [-0.3, -0.25) is 9.55 Å². The summed E-state index contributed by atoms with van der Waals surface area (Å²) in [7, 11) is 0. The van der Waals surface area contributed by atoms with Gasteiger partial charge in [0.05, 0.1) is 18.5 Å². The van der Waals surface area contributed by atoms with Crippen molar-refractivity contribution in [3.05, 3.63) is 80.9 Å². The lowest BCUT2D eigenvalue weighted by Crippen LogP contribution is -2.55. The molecule has 32 heavy (non-hydrogen) atoms. The molecule has 0 aliphatic carbocycles. The SMILES string of the molecule is O=c1[nH]c(O)cn1-c1ccc(Cc2cc(C3OC(CO)C(O)C(O)C3O)ccc2Cl)cc1. The van der Waals surface area contributed by atoms with Gasteiger partial charge >= 0.3 is 5.69 Å². The molecule has 0 bridgehead atoms. The number of aromatic nitrogens is 2. The third kappa shape index (κ3) is 4.31. The van der Waals surface area contributed by atoms with Gasteiger partial charge in [-0.25, -0.2) is 4.79 Å². The molecule has 1 aliphatic rings. The summed E-state index contributed by atoms with van der Waals surface area (Å²) in [6.07, 6.45) is -4.48. The second-order valence-corrected chi connectivity index (χ2v) is 8.17. The van der Waals surface area contributed by atoms with Gasteiger partial charge in [-0.1, -0.05) is 35.9 Å². The van der Waals surface area contributed by atoms with Crippen LogP contribution in [-0.2, 0) is 11.2 Å². The van der Waals surface area contributed by atoms with Crippen molar-refractivity contribution < 1.29 is 30.3 Å². The average molecular weight is 463 g/mol. The number of rotatable bonds is 5. The van der Waals surface area contributed by atoms with Crippen molar-refractivity contribution in [3.63, 3.8) is 0 Å². The Labute approximate surface area is 187 Å². The first-order valence-corrected chi connectivity index (χ1v) is 10.3. The van der Waals surface area contributed by atoms with Crippen LogP contribution in [-0.4, -0.2) is 66.1 Å². The number of aromatic amines is 1. The molecule has 2 heterocycles. The van der Waals surface area contributed by atoms with Gasteiger partial charge in [0.1, 0.15) is 30.5 Å². The van der Waals surface area contributed by atoms with Crippen molar-refractivity contribution in [2.45, 2.75) is 36.9 Å². The van der Waals surface area contributed by atoms with E-state index >= 15 is 0 Å². The zero-order chi connectivity index (χ0) is 23.0. The van der Waals surface area contributed by atoms with E-state index in [1.165, 1.54) is 10.8 Å². The van der Waals surface area contributed by atoms with Gasteiger partial charge in [0.25, 0.3) is 0 Å². The van der Waals surface area contributed by atoms with E-state index in [4.69, 9.17) is 16.3 Å². The molecule has 3 aromatic rings. The van der Waals surface area contributed by atoms with Crippen molar-refractivity contribution in [3.8, 4) is 11.6 Å². The summed E-state index contributed by atoms with van der Waals surface area (Å²) in [6, 6.07) is 12.2. The predicted octanol–water partition coefficient (Wildman–Crippen LogP) is 0.630. The first-order valence-electron chi connectivity index (χ1n) is 9.97. The molecule has 1 saturated heterocycles. The number of hydrogen-bond acceptors (Lipinski definition) is 7. The van der Waals surface area contributed by atoms with Crippen LogP contribution in [0, 0.1) is 0 Å². The first kappa shape index (κ1) is 22.5. The first-order chi connectivity index (χ1) is 15.3. The third-order valence-corrected chi connectivity index (χ3v) is 5.97. The summed E-state index contributed by atoms with van der Waals surface area (Å²) in [6.45, 7) is -0.504. The van der Waals surface area contributed by atoms with E-state index in [1.54, 1.807) is 30.3 Å². The fraction of sp³-hybridized carbons (Fsp3) is 0.318. The van der Waals surface area contributed by atoms with Crippen molar-refractivity contribution in [1.82, 2.24) is 9.55 Å². The van der Waals surface area contributed by atoms with E-state index in [1.807, 2.05) is 12.1 Å². The summed E-state index contributed by atoms with van der Waals surface area (Å²) in [5.74, 6) is -0.226. The second-order valence-electron chi connectivity index (χ2n) is 7.76. The van der Waals surface area contributed by atoms with E-state index in [9.17, 15) is 30.3 Å². The van der Waals surface area contributed by atoms with Gasteiger partial charge in [0.15, 0.2) is 0 Å². The number of H-pyrrole nitrogens is 1. The molecule has 170 valence electrons. The minimum atomic E-state index is -1.46. The molecular formula is C22H23ClN2O7. The number of aromatic hydroxyl groups is 1. The molecule has 0 saturated carbocycles. The molecular weight excluding hydrogens is 440 g/mol. The van der Waals surface area contributed by atoms with Crippen LogP contribution in [0.2, 0.25) is 5.02 Å². The molecule has 1 fully saturated rings. The molecule has 0 radical (unpaired) electrons. The third-order valence-electron chi connectivity index (χ3n) is 5.60. The smallest absolute Gasteiger partial charge is 0.332 e. The molecule has 9 nitrogen and oxygen atoms in total. The Morgan fingerprint density at radius 3 is 2.38 bits per heavy atom. The molecule has 10 heteroatoms. The number of imidazole rings is 1. The maximum atomic E-state index is 11.8. The molecule has 4 rings (SSSR count). The highest BCUT2D eigenvalue weighted by Crippen LogP contribution is 2.34. The van der Waals surface area contributed by atoms with Crippen molar-refractivity contribution in [2.75, 3.05) is 6.61 Å². The van der Waals surface area contributed by atoms with Gasteiger partial charge in [0.2, 0.25) is 5.88 Å². The quantitative estimate of drug-likeness (QED) is 0.326. The monoisotopic (exact) mass is 462 g/mol. The number of nitrogens with one attached hydrogen (secondary N) is 1. The van der Waals surface area contributed by atoms with Crippen LogP contribution in [0.3, 0.4) is 0 Å². The van der Waals surface area contributed by atoms with E-state index in [0.717, 1.165) is 11.1 Å². The highest BCUT2D eigenvalue weighted by atomic mass is 35.5. The van der Waals surface area contributed by atoms with Crippen LogP contribution in [0.4, 0.5) is 0 Å². The van der Waals surface area contributed by atoms with Gasteiger partial charge in [-0.2, -0.15) is 0 Å². The van der Waals surface area contributed by atoms with E-state index < -0.39 is 42.8 Å². The molecule has 0 amide bonds. The zero-order valence-corrected chi connectivity index (χ0v) is 17.6. The minimum Gasteiger partial charge on any atom is -0.493 e. The zero-order valence-electron chi connectivity index (χ0n) is 16.8. The average Bonchev–Trinajstić information content (AvgIpc) is 3.12. The highest BCUT2D eigenvalue weighted by Gasteiger charge is 2.44. The van der Waals surface area contributed by atoms with Gasteiger partial charge in [-0.15, -0.1) is 0 Å². The normalized spacial score (nSPS) is 25.7. The molecule has 2 aromatic carbocycles. The van der Waals surface area contributed by atoms with Crippen molar-refractivity contribution >= 4 is 11.6 Å². The number of halogens is 1.